The molecule has 7 nitrogen and oxygen atoms in total. The lowest BCUT2D eigenvalue weighted by molar-refractivity contribution is -0.228. The van der Waals surface area contributed by atoms with Gasteiger partial charge in [-0.3, -0.25) is 0 Å². The highest BCUT2D eigenvalue weighted by Gasteiger charge is 2.39. The van der Waals surface area contributed by atoms with Crippen LogP contribution in [0.15, 0.2) is 29.2 Å². The molecule has 0 spiro atoms. The summed E-state index contributed by atoms with van der Waals surface area (Å²) in [6.45, 7) is 1.27. The Kier molecular flexibility index (Phi) is 4.97. The predicted octanol–water partition coefficient (Wildman–Crippen LogP) is -0.471. The van der Waals surface area contributed by atoms with Gasteiger partial charge in [0.2, 0.25) is 0 Å². The van der Waals surface area contributed by atoms with E-state index >= 15 is 0 Å². The van der Waals surface area contributed by atoms with E-state index in [-0.39, 0.29) is 11.3 Å². The number of hydrogen-bond acceptors (Lipinski definition) is 7. The summed E-state index contributed by atoms with van der Waals surface area (Å²) in [6, 6.07) is 6.07. The maximum atomic E-state index is 12.1. The predicted molar refractivity (Wildman–Crippen MR) is 71.8 cm³/mol. The summed E-state index contributed by atoms with van der Waals surface area (Å²) in [5, 5.41) is 28.2. The van der Waals surface area contributed by atoms with Crippen molar-refractivity contribution in [2.75, 3.05) is 6.61 Å². The molecule has 1 aromatic rings. The van der Waals surface area contributed by atoms with Crippen LogP contribution in [0.2, 0.25) is 0 Å². The highest BCUT2D eigenvalue weighted by molar-refractivity contribution is 7.86. The number of aryl methyl sites for hydroxylation is 1. The number of benzene rings is 1. The molecular weight excluding hydrogens is 300 g/mol. The highest BCUT2D eigenvalue weighted by atomic mass is 32.2. The molecule has 3 N–H and O–H groups in total. The molecule has 1 fully saturated rings. The third-order valence-corrected chi connectivity index (χ3v) is 4.58. The maximum Gasteiger partial charge on any atom is 0.299 e. The fourth-order valence-corrected chi connectivity index (χ4v) is 3.02. The molecular formula is C13H18O7S. The standard InChI is InChI=1S/C13H18O7S/c1-8-2-4-9(5-3-8)21(17,18)20-12-6-10(15)13(16)11(7-14)19-12/h2-5,10-16H,6-7H2,1H3/t10-,11-,12?,13+/m1/s1. The minimum Gasteiger partial charge on any atom is -0.394 e. The Morgan fingerprint density at radius 1 is 1.29 bits per heavy atom. The van der Waals surface area contributed by atoms with Gasteiger partial charge < -0.3 is 20.1 Å². The lowest BCUT2D eigenvalue weighted by Crippen LogP contribution is -2.50. The third kappa shape index (κ3) is 3.79. The van der Waals surface area contributed by atoms with Crippen LogP contribution in [-0.2, 0) is 19.0 Å². The molecule has 1 unspecified atom stereocenters. The topological polar surface area (TPSA) is 113 Å². The summed E-state index contributed by atoms with van der Waals surface area (Å²) in [4.78, 5) is -0.0298. The van der Waals surface area contributed by atoms with Gasteiger partial charge in [0.15, 0.2) is 6.29 Å². The summed E-state index contributed by atoms with van der Waals surface area (Å²) in [6.07, 6.45) is -5.06. The van der Waals surface area contributed by atoms with Crippen molar-refractivity contribution in [2.24, 2.45) is 0 Å². The monoisotopic (exact) mass is 318 g/mol. The molecule has 1 aliphatic rings. The molecule has 0 aliphatic carbocycles. The molecule has 0 bridgehead atoms. The van der Waals surface area contributed by atoms with Gasteiger partial charge in [-0.05, 0) is 19.1 Å². The van der Waals surface area contributed by atoms with Crippen LogP contribution in [0, 0.1) is 6.92 Å². The molecule has 1 aliphatic heterocycles. The minimum atomic E-state index is -4.05. The molecule has 0 radical (unpaired) electrons. The first-order valence-electron chi connectivity index (χ1n) is 6.46. The molecule has 0 saturated carbocycles. The van der Waals surface area contributed by atoms with Crippen LogP contribution in [0.1, 0.15) is 12.0 Å². The SMILES string of the molecule is Cc1ccc(S(=O)(=O)OC2C[C@@H](O)[C@H](O)[C@@H](CO)O2)cc1. The van der Waals surface area contributed by atoms with E-state index in [0.717, 1.165) is 5.56 Å². The number of aliphatic hydroxyl groups is 3. The van der Waals surface area contributed by atoms with Gasteiger partial charge in [-0.2, -0.15) is 8.42 Å². The largest absolute Gasteiger partial charge is 0.394 e. The molecule has 1 heterocycles. The molecule has 1 aromatic carbocycles. The Balaban J connectivity index is 2.11. The van der Waals surface area contributed by atoms with Crippen molar-refractivity contribution in [2.45, 2.75) is 42.8 Å². The minimum absolute atomic E-state index is 0.0298. The first-order valence-corrected chi connectivity index (χ1v) is 7.86. The van der Waals surface area contributed by atoms with E-state index in [4.69, 9.17) is 14.0 Å². The molecule has 1 saturated heterocycles. The van der Waals surface area contributed by atoms with Crippen LogP contribution in [0.5, 0.6) is 0 Å². The number of hydrogen-bond donors (Lipinski definition) is 3. The average Bonchev–Trinajstić information content (AvgIpc) is 2.42. The van der Waals surface area contributed by atoms with Crippen LogP contribution in [0.3, 0.4) is 0 Å². The van der Waals surface area contributed by atoms with Gasteiger partial charge in [-0.1, -0.05) is 17.7 Å². The van der Waals surface area contributed by atoms with Crippen molar-refractivity contribution in [1.82, 2.24) is 0 Å². The fraction of sp³-hybridized carbons (Fsp3) is 0.538. The van der Waals surface area contributed by atoms with Gasteiger partial charge in [0.1, 0.15) is 12.2 Å². The average molecular weight is 318 g/mol. The van der Waals surface area contributed by atoms with E-state index in [1.54, 1.807) is 12.1 Å². The van der Waals surface area contributed by atoms with Crippen LogP contribution in [0.25, 0.3) is 0 Å². The second-order valence-electron chi connectivity index (χ2n) is 4.94. The van der Waals surface area contributed by atoms with Crippen LogP contribution >= 0.6 is 0 Å². The van der Waals surface area contributed by atoms with Crippen LogP contribution in [0.4, 0.5) is 0 Å². The Morgan fingerprint density at radius 3 is 2.48 bits per heavy atom. The summed E-state index contributed by atoms with van der Waals surface area (Å²) in [7, 11) is -4.05. The fourth-order valence-electron chi connectivity index (χ4n) is 2.03. The highest BCUT2D eigenvalue weighted by Crippen LogP contribution is 2.24. The summed E-state index contributed by atoms with van der Waals surface area (Å²) in [5.41, 5.74) is 0.904. The molecule has 118 valence electrons. The van der Waals surface area contributed by atoms with Crippen molar-refractivity contribution >= 4 is 10.1 Å². The lowest BCUT2D eigenvalue weighted by atomic mass is 10.0. The molecule has 2 rings (SSSR count). The Morgan fingerprint density at radius 2 is 1.90 bits per heavy atom. The van der Waals surface area contributed by atoms with Crippen molar-refractivity contribution < 1.29 is 32.7 Å². The lowest BCUT2D eigenvalue weighted by Gasteiger charge is -2.35. The molecule has 0 aromatic heterocycles. The first kappa shape index (κ1) is 16.3. The van der Waals surface area contributed by atoms with E-state index in [1.165, 1.54) is 12.1 Å². The molecule has 21 heavy (non-hydrogen) atoms. The van der Waals surface area contributed by atoms with Gasteiger partial charge >= 0.3 is 0 Å². The molecule has 0 amide bonds. The third-order valence-electron chi connectivity index (χ3n) is 3.26. The van der Waals surface area contributed by atoms with Gasteiger partial charge in [0.05, 0.1) is 17.6 Å². The smallest absolute Gasteiger partial charge is 0.299 e. The second kappa shape index (κ2) is 6.39. The van der Waals surface area contributed by atoms with Crippen LogP contribution in [-0.4, -0.2) is 54.9 Å². The normalized spacial score (nSPS) is 30.3. The quantitative estimate of drug-likeness (QED) is 0.643. The zero-order chi connectivity index (χ0) is 15.6. The number of ether oxygens (including phenoxy) is 1. The molecule has 4 atom stereocenters. The van der Waals surface area contributed by atoms with E-state index in [1.807, 2.05) is 6.92 Å². The Bertz CT molecular complexity index is 569. The number of aliphatic hydroxyl groups excluding tert-OH is 3. The van der Waals surface area contributed by atoms with Crippen molar-refractivity contribution in [3.63, 3.8) is 0 Å². The van der Waals surface area contributed by atoms with Gasteiger partial charge in [-0.15, -0.1) is 0 Å². The van der Waals surface area contributed by atoms with Crippen molar-refractivity contribution in [3.8, 4) is 0 Å². The Hall–Kier alpha value is -1.03. The van der Waals surface area contributed by atoms with E-state index in [0.29, 0.717) is 0 Å². The zero-order valence-corrected chi connectivity index (χ0v) is 12.2. The Labute approximate surface area is 122 Å². The van der Waals surface area contributed by atoms with Crippen molar-refractivity contribution in [3.05, 3.63) is 29.8 Å². The van der Waals surface area contributed by atoms with Gasteiger partial charge in [0.25, 0.3) is 10.1 Å². The van der Waals surface area contributed by atoms with Crippen LogP contribution < -0.4 is 0 Å². The summed E-state index contributed by atoms with van der Waals surface area (Å²) in [5.74, 6) is 0. The maximum absolute atomic E-state index is 12.1. The van der Waals surface area contributed by atoms with E-state index in [2.05, 4.69) is 0 Å². The summed E-state index contributed by atoms with van der Waals surface area (Å²) < 4.78 is 34.2. The van der Waals surface area contributed by atoms with Gasteiger partial charge in [-0.25, -0.2) is 4.18 Å². The van der Waals surface area contributed by atoms with E-state index < -0.39 is 41.3 Å². The van der Waals surface area contributed by atoms with Gasteiger partial charge in [0, 0.05) is 6.42 Å². The van der Waals surface area contributed by atoms with E-state index in [9.17, 15) is 18.6 Å². The summed E-state index contributed by atoms with van der Waals surface area (Å²) >= 11 is 0. The zero-order valence-electron chi connectivity index (χ0n) is 11.4. The number of rotatable bonds is 4. The molecule has 8 heteroatoms. The second-order valence-corrected chi connectivity index (χ2v) is 6.52. The first-order chi connectivity index (χ1) is 9.83. The van der Waals surface area contributed by atoms with Crippen molar-refractivity contribution in [1.29, 1.82) is 0 Å².